The third-order valence-electron chi connectivity index (χ3n) is 2.88. The van der Waals surface area contributed by atoms with E-state index in [0.29, 0.717) is 18.1 Å². The van der Waals surface area contributed by atoms with Crippen LogP contribution in [0.4, 0.5) is 4.39 Å². The Morgan fingerprint density at radius 2 is 2.17 bits per heavy atom. The van der Waals surface area contributed by atoms with Crippen LogP contribution in [0, 0.1) is 5.82 Å². The van der Waals surface area contributed by atoms with Crippen molar-refractivity contribution in [2.24, 2.45) is 0 Å². The van der Waals surface area contributed by atoms with E-state index in [0.717, 1.165) is 5.56 Å². The molecule has 0 amide bonds. The van der Waals surface area contributed by atoms with Crippen LogP contribution in [0.15, 0.2) is 28.8 Å². The van der Waals surface area contributed by atoms with Gasteiger partial charge in [0.25, 0.3) is 0 Å². The molecule has 0 unspecified atom stereocenters. The molecular formula is C13H16FN3O. The van der Waals surface area contributed by atoms with Crippen molar-refractivity contribution in [2.75, 3.05) is 7.05 Å². The van der Waals surface area contributed by atoms with Gasteiger partial charge in [0.2, 0.25) is 5.89 Å². The molecule has 0 spiro atoms. The predicted octanol–water partition coefficient (Wildman–Crippen LogP) is 2.25. The van der Waals surface area contributed by atoms with E-state index in [2.05, 4.69) is 15.5 Å². The van der Waals surface area contributed by atoms with E-state index in [1.807, 2.05) is 27.0 Å². The number of benzene rings is 1. The first-order valence-electron chi connectivity index (χ1n) is 5.77. The summed E-state index contributed by atoms with van der Waals surface area (Å²) in [5.41, 5.74) is 0.456. The highest BCUT2D eigenvalue weighted by atomic mass is 19.1. The van der Waals surface area contributed by atoms with Gasteiger partial charge in [-0.25, -0.2) is 4.39 Å². The second-order valence-electron chi connectivity index (χ2n) is 4.70. The van der Waals surface area contributed by atoms with Crippen LogP contribution < -0.4 is 5.32 Å². The van der Waals surface area contributed by atoms with Crippen LogP contribution in [0.3, 0.4) is 0 Å². The lowest BCUT2D eigenvalue weighted by molar-refractivity contribution is 0.279. The fraction of sp³-hybridized carbons (Fsp3) is 0.385. The molecule has 0 saturated heterocycles. The van der Waals surface area contributed by atoms with E-state index < -0.39 is 0 Å². The van der Waals surface area contributed by atoms with E-state index in [9.17, 15) is 4.39 Å². The minimum absolute atomic E-state index is 0.258. The number of rotatable bonds is 4. The molecule has 1 heterocycles. The second-order valence-corrected chi connectivity index (χ2v) is 4.70. The van der Waals surface area contributed by atoms with E-state index in [-0.39, 0.29) is 11.4 Å². The first-order chi connectivity index (χ1) is 8.51. The molecule has 18 heavy (non-hydrogen) atoms. The molecule has 0 aliphatic heterocycles. The quantitative estimate of drug-likeness (QED) is 0.903. The highest BCUT2D eigenvalue weighted by molar-refractivity contribution is 5.20. The van der Waals surface area contributed by atoms with Gasteiger partial charge in [-0.15, -0.1) is 0 Å². The summed E-state index contributed by atoms with van der Waals surface area (Å²) in [4.78, 5) is 4.31. The van der Waals surface area contributed by atoms with Crippen LogP contribution in [0.1, 0.15) is 31.1 Å². The molecule has 1 aromatic carbocycles. The fourth-order valence-electron chi connectivity index (χ4n) is 1.52. The number of hydrogen-bond donors (Lipinski definition) is 1. The summed E-state index contributed by atoms with van der Waals surface area (Å²) in [6.07, 6.45) is 0.459. The van der Waals surface area contributed by atoms with Gasteiger partial charge in [-0.1, -0.05) is 17.3 Å². The smallest absolute Gasteiger partial charge is 0.246 e. The lowest BCUT2D eigenvalue weighted by Gasteiger charge is -2.17. The molecule has 0 atom stereocenters. The fourth-order valence-corrected chi connectivity index (χ4v) is 1.52. The molecule has 0 aliphatic carbocycles. The van der Waals surface area contributed by atoms with E-state index in [1.165, 1.54) is 12.1 Å². The Kier molecular flexibility index (Phi) is 3.43. The molecule has 1 N–H and O–H groups in total. The Labute approximate surface area is 105 Å². The molecule has 2 aromatic rings. The maximum absolute atomic E-state index is 13.0. The monoisotopic (exact) mass is 249 g/mol. The van der Waals surface area contributed by atoms with Crippen molar-refractivity contribution in [2.45, 2.75) is 25.8 Å². The van der Waals surface area contributed by atoms with Crippen LogP contribution in [0.25, 0.3) is 0 Å². The molecular weight excluding hydrogens is 233 g/mol. The lowest BCUT2D eigenvalue weighted by atomic mass is 10.1. The predicted molar refractivity (Wildman–Crippen MR) is 65.6 cm³/mol. The van der Waals surface area contributed by atoms with Gasteiger partial charge in [0.1, 0.15) is 5.82 Å². The summed E-state index contributed by atoms with van der Waals surface area (Å²) in [7, 11) is 1.83. The van der Waals surface area contributed by atoms with Gasteiger partial charge >= 0.3 is 0 Å². The summed E-state index contributed by atoms with van der Waals surface area (Å²) in [5.74, 6) is 0.821. The molecule has 1 aromatic heterocycles. The summed E-state index contributed by atoms with van der Waals surface area (Å²) < 4.78 is 18.3. The van der Waals surface area contributed by atoms with Crippen molar-refractivity contribution in [1.29, 1.82) is 0 Å². The van der Waals surface area contributed by atoms with Gasteiger partial charge in [-0.2, -0.15) is 4.98 Å². The summed E-state index contributed by atoms with van der Waals surface area (Å²) in [6.45, 7) is 3.90. The van der Waals surface area contributed by atoms with Crippen molar-refractivity contribution in [1.82, 2.24) is 15.5 Å². The molecule has 96 valence electrons. The van der Waals surface area contributed by atoms with E-state index in [4.69, 9.17) is 4.52 Å². The van der Waals surface area contributed by atoms with Gasteiger partial charge in [0.05, 0.1) is 5.54 Å². The molecule has 2 rings (SSSR count). The first kappa shape index (κ1) is 12.7. The zero-order chi connectivity index (χ0) is 13.2. The third-order valence-corrected chi connectivity index (χ3v) is 2.88. The molecule has 0 radical (unpaired) electrons. The molecule has 0 bridgehead atoms. The van der Waals surface area contributed by atoms with Crippen molar-refractivity contribution < 1.29 is 8.91 Å². The highest BCUT2D eigenvalue weighted by Gasteiger charge is 2.25. The van der Waals surface area contributed by atoms with Gasteiger partial charge in [0, 0.05) is 6.42 Å². The normalized spacial score (nSPS) is 11.8. The maximum Gasteiger partial charge on any atom is 0.246 e. The van der Waals surface area contributed by atoms with E-state index in [1.54, 1.807) is 6.07 Å². The zero-order valence-electron chi connectivity index (χ0n) is 10.7. The minimum atomic E-state index is -0.368. The standard InChI is InChI=1S/C13H16FN3O/c1-13(2,15-3)12-16-11(17-18-12)8-9-5-4-6-10(14)7-9/h4-7,15H,8H2,1-3H3. The van der Waals surface area contributed by atoms with Gasteiger partial charge < -0.3 is 9.84 Å². The van der Waals surface area contributed by atoms with E-state index >= 15 is 0 Å². The molecule has 0 fully saturated rings. The second kappa shape index (κ2) is 4.86. The largest absolute Gasteiger partial charge is 0.337 e. The first-order valence-corrected chi connectivity index (χ1v) is 5.77. The molecule has 0 aliphatic rings. The average Bonchev–Trinajstić information content (AvgIpc) is 2.78. The van der Waals surface area contributed by atoms with Crippen LogP contribution in [0.5, 0.6) is 0 Å². The van der Waals surface area contributed by atoms with Gasteiger partial charge in [0.15, 0.2) is 5.82 Å². The van der Waals surface area contributed by atoms with Crippen molar-refractivity contribution >= 4 is 0 Å². The number of halogens is 1. The topological polar surface area (TPSA) is 51.0 Å². The van der Waals surface area contributed by atoms with Crippen LogP contribution in [-0.2, 0) is 12.0 Å². The molecule has 5 heteroatoms. The number of nitrogens with one attached hydrogen (secondary N) is 1. The molecule has 0 saturated carbocycles. The Morgan fingerprint density at radius 3 is 2.83 bits per heavy atom. The van der Waals surface area contributed by atoms with Crippen LogP contribution in [0.2, 0.25) is 0 Å². The number of nitrogens with zero attached hydrogens (tertiary/aromatic N) is 2. The number of aromatic nitrogens is 2. The highest BCUT2D eigenvalue weighted by Crippen LogP contribution is 2.18. The third kappa shape index (κ3) is 2.73. The van der Waals surface area contributed by atoms with Gasteiger partial charge in [-0.3, -0.25) is 0 Å². The SMILES string of the molecule is CNC(C)(C)c1nc(Cc2cccc(F)c2)no1. The summed E-state index contributed by atoms with van der Waals surface area (Å²) >= 11 is 0. The van der Waals surface area contributed by atoms with Crippen molar-refractivity contribution in [3.63, 3.8) is 0 Å². The zero-order valence-corrected chi connectivity index (χ0v) is 10.7. The average molecular weight is 249 g/mol. The van der Waals surface area contributed by atoms with Crippen molar-refractivity contribution in [3.05, 3.63) is 47.4 Å². The Bertz CT molecular complexity index is 537. The molecule has 4 nitrogen and oxygen atoms in total. The Hall–Kier alpha value is -1.75. The summed E-state index contributed by atoms with van der Waals surface area (Å²) in [5, 5.41) is 6.99. The van der Waals surface area contributed by atoms with Crippen LogP contribution in [-0.4, -0.2) is 17.2 Å². The summed E-state index contributed by atoms with van der Waals surface area (Å²) in [6, 6.07) is 6.39. The minimum Gasteiger partial charge on any atom is -0.337 e. The Balaban J connectivity index is 2.16. The van der Waals surface area contributed by atoms with Crippen LogP contribution >= 0.6 is 0 Å². The lowest BCUT2D eigenvalue weighted by Crippen LogP contribution is -2.33. The van der Waals surface area contributed by atoms with Crippen molar-refractivity contribution in [3.8, 4) is 0 Å². The van der Waals surface area contributed by atoms with Gasteiger partial charge in [-0.05, 0) is 38.6 Å². The Morgan fingerprint density at radius 1 is 1.39 bits per heavy atom. The maximum atomic E-state index is 13.0. The number of hydrogen-bond acceptors (Lipinski definition) is 4.